The predicted molar refractivity (Wildman–Crippen MR) is 66.0 cm³/mol. The lowest BCUT2D eigenvalue weighted by Gasteiger charge is -2.04. The quantitative estimate of drug-likeness (QED) is 0.852. The highest BCUT2D eigenvalue weighted by molar-refractivity contribution is 5.59. The zero-order valence-corrected chi connectivity index (χ0v) is 9.78. The van der Waals surface area contributed by atoms with Gasteiger partial charge in [0, 0.05) is 23.7 Å². The normalized spacial score (nSPS) is 12.6. The molecule has 17 heavy (non-hydrogen) atoms. The van der Waals surface area contributed by atoms with Gasteiger partial charge in [0.2, 0.25) is 0 Å². The minimum absolute atomic E-state index is 0.115. The third kappa shape index (κ3) is 2.71. The van der Waals surface area contributed by atoms with Gasteiger partial charge in [0.25, 0.3) is 0 Å². The molecule has 1 atom stereocenters. The molecule has 0 saturated heterocycles. The standard InChI is InChI=1S/C13H16FN3/c1-2-9(15)7-10-8-13(17-16-10)11-5-3-4-6-12(11)14/h3-6,8-9H,2,7,15H2,1H3,(H,16,17). The maximum absolute atomic E-state index is 13.5. The zero-order chi connectivity index (χ0) is 12.3. The van der Waals surface area contributed by atoms with Crippen LogP contribution >= 0.6 is 0 Å². The Morgan fingerprint density at radius 3 is 2.88 bits per heavy atom. The molecule has 1 aromatic heterocycles. The first-order valence-electron chi connectivity index (χ1n) is 5.75. The van der Waals surface area contributed by atoms with Crippen molar-refractivity contribution < 1.29 is 4.39 Å². The van der Waals surface area contributed by atoms with Crippen molar-refractivity contribution in [1.29, 1.82) is 0 Å². The van der Waals surface area contributed by atoms with Crippen LogP contribution in [-0.4, -0.2) is 16.2 Å². The summed E-state index contributed by atoms with van der Waals surface area (Å²) in [7, 11) is 0. The van der Waals surface area contributed by atoms with E-state index in [1.807, 2.05) is 13.0 Å². The molecule has 2 rings (SSSR count). The maximum atomic E-state index is 13.5. The third-order valence-corrected chi connectivity index (χ3v) is 2.79. The molecule has 1 heterocycles. The minimum Gasteiger partial charge on any atom is -0.327 e. The van der Waals surface area contributed by atoms with Crippen molar-refractivity contribution in [2.45, 2.75) is 25.8 Å². The third-order valence-electron chi connectivity index (χ3n) is 2.79. The molecule has 3 nitrogen and oxygen atoms in total. The van der Waals surface area contributed by atoms with E-state index in [1.54, 1.807) is 18.2 Å². The molecule has 1 unspecified atom stereocenters. The van der Waals surface area contributed by atoms with Crippen molar-refractivity contribution in [3.8, 4) is 11.3 Å². The van der Waals surface area contributed by atoms with Gasteiger partial charge in [-0.1, -0.05) is 19.1 Å². The van der Waals surface area contributed by atoms with Crippen LogP contribution in [0, 0.1) is 5.82 Å². The first-order chi connectivity index (χ1) is 8.20. The Labute approximate surface area is 99.9 Å². The molecule has 0 bridgehead atoms. The molecule has 1 aromatic carbocycles. The van der Waals surface area contributed by atoms with E-state index < -0.39 is 0 Å². The Bertz CT molecular complexity index is 493. The number of aromatic nitrogens is 2. The molecular weight excluding hydrogens is 217 g/mol. The first-order valence-corrected chi connectivity index (χ1v) is 5.75. The van der Waals surface area contributed by atoms with E-state index in [-0.39, 0.29) is 11.9 Å². The van der Waals surface area contributed by atoms with E-state index in [9.17, 15) is 4.39 Å². The van der Waals surface area contributed by atoms with Gasteiger partial charge in [0.1, 0.15) is 5.82 Å². The maximum Gasteiger partial charge on any atom is 0.132 e. The average Bonchev–Trinajstić information content (AvgIpc) is 2.78. The number of nitrogens with one attached hydrogen (secondary N) is 1. The van der Waals surface area contributed by atoms with E-state index in [0.29, 0.717) is 11.3 Å². The lowest BCUT2D eigenvalue weighted by Crippen LogP contribution is -2.21. The van der Waals surface area contributed by atoms with E-state index in [2.05, 4.69) is 10.2 Å². The van der Waals surface area contributed by atoms with E-state index in [1.165, 1.54) is 6.07 Å². The second kappa shape index (κ2) is 5.10. The number of rotatable bonds is 4. The number of halogens is 1. The summed E-state index contributed by atoms with van der Waals surface area (Å²) in [5.41, 5.74) is 7.94. The van der Waals surface area contributed by atoms with E-state index in [4.69, 9.17) is 5.73 Å². The molecule has 0 fully saturated rings. The van der Waals surface area contributed by atoms with Crippen molar-refractivity contribution in [3.05, 3.63) is 41.8 Å². The average molecular weight is 233 g/mol. The number of H-pyrrole nitrogens is 1. The number of nitrogens with zero attached hydrogens (tertiary/aromatic N) is 1. The Morgan fingerprint density at radius 2 is 2.18 bits per heavy atom. The van der Waals surface area contributed by atoms with Gasteiger partial charge in [-0.05, 0) is 24.6 Å². The van der Waals surface area contributed by atoms with Crippen LogP contribution < -0.4 is 5.73 Å². The van der Waals surface area contributed by atoms with Crippen LogP contribution in [-0.2, 0) is 6.42 Å². The second-order valence-electron chi connectivity index (χ2n) is 4.13. The molecule has 4 heteroatoms. The number of hydrogen-bond acceptors (Lipinski definition) is 2. The smallest absolute Gasteiger partial charge is 0.132 e. The van der Waals surface area contributed by atoms with Crippen LogP contribution in [0.5, 0.6) is 0 Å². The summed E-state index contributed by atoms with van der Waals surface area (Å²) < 4.78 is 13.5. The van der Waals surface area contributed by atoms with Crippen molar-refractivity contribution in [3.63, 3.8) is 0 Å². The fourth-order valence-electron chi connectivity index (χ4n) is 1.70. The molecule has 0 amide bonds. The van der Waals surface area contributed by atoms with Gasteiger partial charge >= 0.3 is 0 Å². The number of hydrogen-bond donors (Lipinski definition) is 2. The topological polar surface area (TPSA) is 54.7 Å². The van der Waals surface area contributed by atoms with Gasteiger partial charge in [0.15, 0.2) is 0 Å². The van der Waals surface area contributed by atoms with Crippen molar-refractivity contribution in [1.82, 2.24) is 10.2 Å². The largest absolute Gasteiger partial charge is 0.327 e. The molecular formula is C13H16FN3. The molecule has 0 aliphatic rings. The first kappa shape index (κ1) is 11.8. The Balaban J connectivity index is 2.21. The SMILES string of the molecule is CCC(N)Cc1cc(-c2ccccc2F)n[nH]1. The minimum atomic E-state index is -0.259. The molecule has 0 saturated carbocycles. The molecule has 0 radical (unpaired) electrons. The lowest BCUT2D eigenvalue weighted by atomic mass is 10.1. The second-order valence-corrected chi connectivity index (χ2v) is 4.13. The highest BCUT2D eigenvalue weighted by Gasteiger charge is 2.09. The van der Waals surface area contributed by atoms with E-state index in [0.717, 1.165) is 18.5 Å². The van der Waals surface area contributed by atoms with Gasteiger partial charge in [-0.15, -0.1) is 0 Å². The number of nitrogens with two attached hydrogens (primary N) is 1. The van der Waals surface area contributed by atoms with Crippen LogP contribution in [0.3, 0.4) is 0 Å². The fourth-order valence-corrected chi connectivity index (χ4v) is 1.70. The predicted octanol–water partition coefficient (Wildman–Crippen LogP) is 2.50. The molecule has 3 N–H and O–H groups in total. The summed E-state index contributed by atoms with van der Waals surface area (Å²) in [5, 5.41) is 7.01. The fraction of sp³-hybridized carbons (Fsp3) is 0.308. The van der Waals surface area contributed by atoms with Crippen LogP contribution in [0.25, 0.3) is 11.3 Å². The Kier molecular flexibility index (Phi) is 3.54. The lowest BCUT2D eigenvalue weighted by molar-refractivity contribution is 0.630. The van der Waals surface area contributed by atoms with Gasteiger partial charge in [0.05, 0.1) is 5.69 Å². The van der Waals surface area contributed by atoms with Crippen molar-refractivity contribution in [2.24, 2.45) is 5.73 Å². The van der Waals surface area contributed by atoms with Crippen molar-refractivity contribution in [2.75, 3.05) is 0 Å². The highest BCUT2D eigenvalue weighted by Crippen LogP contribution is 2.21. The van der Waals surface area contributed by atoms with Crippen LogP contribution in [0.2, 0.25) is 0 Å². The number of aromatic amines is 1. The van der Waals surface area contributed by atoms with Crippen LogP contribution in [0.1, 0.15) is 19.0 Å². The van der Waals surface area contributed by atoms with Crippen molar-refractivity contribution >= 4 is 0 Å². The molecule has 0 aliphatic heterocycles. The van der Waals surface area contributed by atoms with E-state index >= 15 is 0 Å². The molecule has 0 spiro atoms. The molecule has 2 aromatic rings. The van der Waals surface area contributed by atoms with Gasteiger partial charge in [-0.3, -0.25) is 5.10 Å². The van der Waals surface area contributed by atoms with Gasteiger partial charge in [-0.25, -0.2) is 4.39 Å². The summed E-state index contributed by atoms with van der Waals surface area (Å²) in [6, 6.07) is 8.58. The Hall–Kier alpha value is -1.68. The summed E-state index contributed by atoms with van der Waals surface area (Å²) in [4.78, 5) is 0. The van der Waals surface area contributed by atoms with Gasteiger partial charge < -0.3 is 5.73 Å². The summed E-state index contributed by atoms with van der Waals surface area (Å²) in [6.45, 7) is 2.04. The summed E-state index contributed by atoms with van der Waals surface area (Å²) in [5.74, 6) is -0.259. The Morgan fingerprint density at radius 1 is 1.41 bits per heavy atom. The highest BCUT2D eigenvalue weighted by atomic mass is 19.1. The monoisotopic (exact) mass is 233 g/mol. The molecule has 90 valence electrons. The van der Waals surface area contributed by atoms with Crippen LogP contribution in [0.15, 0.2) is 30.3 Å². The summed E-state index contributed by atoms with van der Waals surface area (Å²) in [6.07, 6.45) is 1.64. The number of benzene rings is 1. The van der Waals surface area contributed by atoms with Gasteiger partial charge in [-0.2, -0.15) is 5.10 Å². The van der Waals surface area contributed by atoms with Crippen LogP contribution in [0.4, 0.5) is 4.39 Å². The summed E-state index contributed by atoms with van der Waals surface area (Å²) >= 11 is 0. The zero-order valence-electron chi connectivity index (χ0n) is 9.78. The molecule has 0 aliphatic carbocycles.